The first kappa shape index (κ1) is 12.3. The van der Waals surface area contributed by atoms with E-state index in [1.807, 2.05) is 0 Å². The highest BCUT2D eigenvalue weighted by Gasteiger charge is 2.13. The number of aromatic nitrogens is 1. The quantitative estimate of drug-likeness (QED) is 0.826. The van der Waals surface area contributed by atoms with Gasteiger partial charge in [0.15, 0.2) is 10.9 Å². The van der Waals surface area contributed by atoms with Crippen LogP contribution in [0.1, 0.15) is 0 Å². The molecule has 0 aliphatic heterocycles. The van der Waals surface area contributed by atoms with E-state index in [-0.39, 0.29) is 26.7 Å². The van der Waals surface area contributed by atoms with Crippen LogP contribution in [0.3, 0.4) is 0 Å². The largest absolute Gasteiger partial charge is 0.508 e. The van der Waals surface area contributed by atoms with Crippen molar-refractivity contribution in [3.05, 3.63) is 45.7 Å². The minimum Gasteiger partial charge on any atom is -0.508 e. The Labute approximate surface area is 113 Å². The monoisotopic (exact) mass is 289 g/mol. The summed E-state index contributed by atoms with van der Waals surface area (Å²) in [4.78, 5) is 3.78. The third-order valence-corrected chi connectivity index (χ3v) is 2.95. The van der Waals surface area contributed by atoms with Crippen LogP contribution < -0.4 is 4.74 Å². The zero-order valence-corrected chi connectivity index (χ0v) is 10.6. The highest BCUT2D eigenvalue weighted by atomic mass is 35.5. The number of pyridine rings is 1. The van der Waals surface area contributed by atoms with E-state index in [4.69, 9.17) is 44.6 Å². The van der Waals surface area contributed by atoms with Gasteiger partial charge in [-0.05, 0) is 24.3 Å². The lowest BCUT2D eigenvalue weighted by Gasteiger charge is -2.09. The van der Waals surface area contributed by atoms with E-state index in [1.165, 1.54) is 18.3 Å². The number of rotatable bonds is 2. The molecule has 2 rings (SSSR count). The molecule has 1 aromatic carbocycles. The lowest BCUT2D eigenvalue weighted by Crippen LogP contribution is -1.89. The molecule has 0 bridgehead atoms. The smallest absolute Gasteiger partial charge is 0.169 e. The first-order valence-electron chi connectivity index (χ1n) is 4.54. The fraction of sp³-hybridized carbons (Fsp3) is 0. The number of nitrogens with zero attached hydrogens (tertiary/aromatic N) is 1. The summed E-state index contributed by atoms with van der Waals surface area (Å²) in [6, 6.07) is 6.13. The molecule has 0 aliphatic rings. The first-order chi connectivity index (χ1) is 8.08. The molecule has 1 N–H and O–H groups in total. The number of phenolic OH excluding ortho intramolecular Hbond substituents is 1. The summed E-state index contributed by atoms with van der Waals surface area (Å²) in [5, 5.41) is 9.66. The lowest BCUT2D eigenvalue weighted by molar-refractivity contribution is 0.464. The standard InChI is InChI=1S/C11H6Cl3NO2/c12-8-5-15-11(14)9(13)10(8)17-7-3-1-6(16)2-4-7/h1-5,16H. The predicted molar refractivity (Wildman–Crippen MR) is 67.4 cm³/mol. The van der Waals surface area contributed by atoms with Crippen molar-refractivity contribution in [3.8, 4) is 17.2 Å². The van der Waals surface area contributed by atoms with Crippen LogP contribution in [0.25, 0.3) is 0 Å². The number of hydrogen-bond donors (Lipinski definition) is 1. The van der Waals surface area contributed by atoms with E-state index in [0.29, 0.717) is 5.75 Å². The molecular weight excluding hydrogens is 284 g/mol. The molecule has 17 heavy (non-hydrogen) atoms. The zero-order chi connectivity index (χ0) is 12.4. The Bertz CT molecular complexity index is 543. The fourth-order valence-corrected chi connectivity index (χ4v) is 1.71. The molecule has 1 aromatic heterocycles. The van der Waals surface area contributed by atoms with E-state index in [0.717, 1.165) is 0 Å². The van der Waals surface area contributed by atoms with Gasteiger partial charge in [-0.2, -0.15) is 0 Å². The molecule has 0 aliphatic carbocycles. The van der Waals surface area contributed by atoms with Crippen molar-refractivity contribution in [2.24, 2.45) is 0 Å². The van der Waals surface area contributed by atoms with E-state index in [2.05, 4.69) is 4.98 Å². The Kier molecular flexibility index (Phi) is 3.62. The molecule has 0 saturated carbocycles. The molecule has 0 saturated heterocycles. The van der Waals surface area contributed by atoms with Crippen LogP contribution in [0.4, 0.5) is 0 Å². The van der Waals surface area contributed by atoms with Crippen molar-refractivity contribution >= 4 is 34.8 Å². The van der Waals surface area contributed by atoms with Crippen LogP contribution >= 0.6 is 34.8 Å². The van der Waals surface area contributed by atoms with E-state index in [9.17, 15) is 0 Å². The maximum absolute atomic E-state index is 9.14. The molecule has 2 aromatic rings. The van der Waals surface area contributed by atoms with Gasteiger partial charge in [-0.3, -0.25) is 0 Å². The maximum Gasteiger partial charge on any atom is 0.169 e. The van der Waals surface area contributed by atoms with Gasteiger partial charge in [0.2, 0.25) is 0 Å². The highest BCUT2D eigenvalue weighted by molar-refractivity contribution is 6.43. The molecule has 0 fully saturated rings. The second kappa shape index (κ2) is 5.00. The van der Waals surface area contributed by atoms with Gasteiger partial charge in [-0.1, -0.05) is 34.8 Å². The van der Waals surface area contributed by atoms with Crippen molar-refractivity contribution in [2.75, 3.05) is 0 Å². The molecule has 0 atom stereocenters. The van der Waals surface area contributed by atoms with Gasteiger partial charge < -0.3 is 9.84 Å². The van der Waals surface area contributed by atoms with Crippen LogP contribution in [0, 0.1) is 0 Å². The summed E-state index contributed by atoms with van der Waals surface area (Å²) in [5.41, 5.74) is 0. The summed E-state index contributed by atoms with van der Waals surface area (Å²) < 4.78 is 5.48. The van der Waals surface area contributed by atoms with Crippen LogP contribution in [-0.2, 0) is 0 Å². The van der Waals surface area contributed by atoms with Crippen LogP contribution in [0.5, 0.6) is 17.2 Å². The molecule has 1 heterocycles. The van der Waals surface area contributed by atoms with Crippen molar-refractivity contribution in [1.29, 1.82) is 0 Å². The maximum atomic E-state index is 9.14. The number of halogens is 3. The molecule has 3 nitrogen and oxygen atoms in total. The molecule has 0 spiro atoms. The van der Waals surface area contributed by atoms with Gasteiger partial charge in [0.25, 0.3) is 0 Å². The topological polar surface area (TPSA) is 42.4 Å². The SMILES string of the molecule is Oc1ccc(Oc2c(Cl)cnc(Cl)c2Cl)cc1. The number of aromatic hydroxyl groups is 1. The number of phenols is 1. The lowest BCUT2D eigenvalue weighted by atomic mass is 10.3. The van der Waals surface area contributed by atoms with E-state index in [1.54, 1.807) is 12.1 Å². The summed E-state index contributed by atoms with van der Waals surface area (Å²) in [6.07, 6.45) is 1.35. The summed E-state index contributed by atoms with van der Waals surface area (Å²) in [6.45, 7) is 0. The third-order valence-electron chi connectivity index (χ3n) is 1.95. The Morgan fingerprint density at radius 1 is 1.06 bits per heavy atom. The second-order valence-corrected chi connectivity index (χ2v) is 4.28. The average molecular weight is 291 g/mol. The van der Waals surface area contributed by atoms with E-state index >= 15 is 0 Å². The molecule has 0 radical (unpaired) electrons. The Morgan fingerprint density at radius 2 is 1.71 bits per heavy atom. The van der Waals surface area contributed by atoms with Gasteiger partial charge >= 0.3 is 0 Å². The minimum absolute atomic E-state index is 0.116. The number of benzene rings is 1. The molecule has 0 unspecified atom stereocenters. The fourth-order valence-electron chi connectivity index (χ4n) is 1.15. The van der Waals surface area contributed by atoms with Gasteiger partial charge in [0.1, 0.15) is 21.5 Å². The van der Waals surface area contributed by atoms with Crippen LogP contribution in [-0.4, -0.2) is 10.1 Å². The van der Waals surface area contributed by atoms with Crippen molar-refractivity contribution in [1.82, 2.24) is 4.98 Å². The van der Waals surface area contributed by atoms with E-state index < -0.39 is 0 Å². The van der Waals surface area contributed by atoms with Crippen LogP contribution in [0.2, 0.25) is 15.2 Å². The summed E-state index contributed by atoms with van der Waals surface area (Å²) in [5.74, 6) is 0.857. The number of hydrogen-bond acceptors (Lipinski definition) is 3. The van der Waals surface area contributed by atoms with Gasteiger partial charge in [-0.25, -0.2) is 4.98 Å². The van der Waals surface area contributed by atoms with Gasteiger partial charge in [0.05, 0.1) is 6.20 Å². The third kappa shape index (κ3) is 2.75. The average Bonchev–Trinajstić information content (AvgIpc) is 2.32. The molecule has 0 amide bonds. The van der Waals surface area contributed by atoms with Gasteiger partial charge in [-0.15, -0.1) is 0 Å². The predicted octanol–water partition coefficient (Wildman–Crippen LogP) is 4.54. The van der Waals surface area contributed by atoms with Gasteiger partial charge in [0, 0.05) is 0 Å². The first-order valence-corrected chi connectivity index (χ1v) is 5.67. The molecular formula is C11H6Cl3NO2. The zero-order valence-electron chi connectivity index (χ0n) is 8.32. The molecule has 6 heteroatoms. The van der Waals surface area contributed by atoms with Crippen molar-refractivity contribution in [2.45, 2.75) is 0 Å². The van der Waals surface area contributed by atoms with Crippen molar-refractivity contribution < 1.29 is 9.84 Å². The Hall–Kier alpha value is -1.16. The Balaban J connectivity index is 2.36. The Morgan fingerprint density at radius 3 is 2.35 bits per heavy atom. The van der Waals surface area contributed by atoms with Crippen molar-refractivity contribution in [3.63, 3.8) is 0 Å². The normalized spacial score (nSPS) is 10.3. The highest BCUT2D eigenvalue weighted by Crippen LogP contribution is 2.39. The molecule has 88 valence electrons. The van der Waals surface area contributed by atoms with Crippen LogP contribution in [0.15, 0.2) is 30.5 Å². The minimum atomic E-state index is 0.116. The number of ether oxygens (including phenoxy) is 1. The second-order valence-electron chi connectivity index (χ2n) is 3.14. The summed E-state index contributed by atoms with van der Waals surface area (Å²) >= 11 is 17.6. The summed E-state index contributed by atoms with van der Waals surface area (Å²) in [7, 11) is 0.